The smallest absolute Gasteiger partial charge is 0.357 e. The second-order valence-electron chi connectivity index (χ2n) is 7.77. The van der Waals surface area contributed by atoms with Gasteiger partial charge >= 0.3 is 5.97 Å². The fraction of sp³-hybridized carbons (Fsp3) is 0.348. The number of nitrogens with one attached hydrogen (secondary N) is 2. The van der Waals surface area contributed by atoms with Crippen LogP contribution in [0.4, 0.5) is 15.8 Å². The van der Waals surface area contributed by atoms with Crippen LogP contribution in [0.2, 0.25) is 5.02 Å². The fourth-order valence-electron chi connectivity index (χ4n) is 4.14. The molecule has 33 heavy (non-hydrogen) atoms. The second-order valence-corrected chi connectivity index (χ2v) is 9.29. The predicted octanol–water partition coefficient (Wildman–Crippen LogP) is 5.15. The lowest BCUT2D eigenvalue weighted by Gasteiger charge is -2.14. The van der Waals surface area contributed by atoms with Gasteiger partial charge in [-0.3, -0.25) is 9.59 Å². The van der Waals surface area contributed by atoms with Crippen LogP contribution in [0, 0.1) is 5.82 Å². The minimum Gasteiger partial charge on any atom is -0.461 e. The number of fused-ring (bicyclic) bond motifs is 3. The Labute approximate surface area is 198 Å². The molecule has 1 aliphatic carbocycles. The van der Waals surface area contributed by atoms with Crippen molar-refractivity contribution in [3.8, 4) is 0 Å². The maximum atomic E-state index is 14.2. The van der Waals surface area contributed by atoms with Gasteiger partial charge in [-0.1, -0.05) is 11.6 Å². The minimum absolute atomic E-state index is 0.0157. The Balaban J connectivity index is 1.81. The van der Waals surface area contributed by atoms with Gasteiger partial charge in [-0.25, -0.2) is 9.18 Å². The number of carbonyl (C=O) groups is 3. The van der Waals surface area contributed by atoms with Gasteiger partial charge < -0.3 is 19.9 Å². The van der Waals surface area contributed by atoms with Gasteiger partial charge in [0.25, 0.3) is 0 Å². The normalized spacial score (nSPS) is 13.0. The monoisotopic (exact) mass is 491 g/mol. The molecule has 0 atom stereocenters. The third-order valence-electron chi connectivity index (χ3n) is 5.43. The zero-order valence-corrected chi connectivity index (χ0v) is 19.8. The summed E-state index contributed by atoms with van der Waals surface area (Å²) in [7, 11) is 0. The molecule has 1 aliphatic rings. The number of esters is 1. The fourth-order valence-corrected chi connectivity index (χ4v) is 5.70. The van der Waals surface area contributed by atoms with Crippen LogP contribution in [-0.4, -0.2) is 29.0 Å². The van der Waals surface area contributed by atoms with E-state index in [9.17, 15) is 18.8 Å². The van der Waals surface area contributed by atoms with E-state index in [1.54, 1.807) is 11.5 Å². The highest BCUT2D eigenvalue weighted by atomic mass is 35.5. The number of rotatable bonds is 6. The van der Waals surface area contributed by atoms with Crippen LogP contribution in [-0.2, 0) is 33.7 Å². The SMILES string of the molecule is CCOC(=O)c1c(NC(C)=O)c2c3c(sc2n1CC(=O)Nc1ccc(Cl)cc1F)CCCC3. The van der Waals surface area contributed by atoms with Crippen LogP contribution in [0.1, 0.15) is 47.6 Å². The number of anilines is 2. The first-order chi connectivity index (χ1) is 15.8. The van der Waals surface area contributed by atoms with Gasteiger partial charge in [0.15, 0.2) is 5.69 Å². The van der Waals surface area contributed by atoms with Crippen LogP contribution in [0.25, 0.3) is 10.2 Å². The zero-order valence-electron chi connectivity index (χ0n) is 18.2. The first-order valence-corrected chi connectivity index (χ1v) is 11.9. The molecule has 0 fully saturated rings. The Morgan fingerprint density at radius 3 is 2.67 bits per heavy atom. The number of nitrogens with zero attached hydrogens (tertiary/aromatic N) is 1. The summed E-state index contributed by atoms with van der Waals surface area (Å²) < 4.78 is 21.0. The second kappa shape index (κ2) is 9.52. The molecule has 7 nitrogen and oxygen atoms in total. The van der Waals surface area contributed by atoms with E-state index < -0.39 is 17.7 Å². The lowest BCUT2D eigenvalue weighted by Crippen LogP contribution is -2.23. The molecule has 1 aromatic carbocycles. The molecule has 10 heteroatoms. The van der Waals surface area contributed by atoms with Gasteiger partial charge in [0.1, 0.15) is 17.2 Å². The number of thiophene rings is 1. The number of halogens is 2. The Morgan fingerprint density at radius 2 is 1.97 bits per heavy atom. The molecule has 174 valence electrons. The molecule has 0 bridgehead atoms. The summed E-state index contributed by atoms with van der Waals surface area (Å²) in [5.74, 6) is -2.16. The van der Waals surface area contributed by atoms with Gasteiger partial charge in [0, 0.05) is 22.2 Å². The molecule has 0 saturated carbocycles. The predicted molar refractivity (Wildman–Crippen MR) is 127 cm³/mol. The Morgan fingerprint density at radius 1 is 1.21 bits per heavy atom. The van der Waals surface area contributed by atoms with Gasteiger partial charge in [-0.15, -0.1) is 11.3 Å². The molecule has 3 aromatic rings. The van der Waals surface area contributed by atoms with E-state index in [1.165, 1.54) is 35.3 Å². The maximum absolute atomic E-state index is 14.2. The van der Waals surface area contributed by atoms with E-state index in [0.29, 0.717) is 10.5 Å². The number of amides is 2. The molecule has 2 amide bonds. The molecule has 2 N–H and O–H groups in total. The van der Waals surface area contributed by atoms with E-state index in [4.69, 9.17) is 16.3 Å². The van der Waals surface area contributed by atoms with Crippen molar-refractivity contribution >= 4 is 62.3 Å². The molecule has 2 heterocycles. The van der Waals surface area contributed by atoms with E-state index in [2.05, 4.69) is 10.6 Å². The quantitative estimate of drug-likeness (QED) is 0.467. The minimum atomic E-state index is -0.662. The van der Waals surface area contributed by atoms with Crippen molar-refractivity contribution in [1.82, 2.24) is 4.57 Å². The highest BCUT2D eigenvalue weighted by Crippen LogP contribution is 2.44. The third kappa shape index (κ3) is 4.60. The first kappa shape index (κ1) is 23.3. The highest BCUT2D eigenvalue weighted by molar-refractivity contribution is 7.19. The van der Waals surface area contributed by atoms with Crippen molar-refractivity contribution in [2.24, 2.45) is 0 Å². The number of hydrogen-bond acceptors (Lipinski definition) is 5. The largest absolute Gasteiger partial charge is 0.461 e. The lowest BCUT2D eigenvalue weighted by molar-refractivity contribution is -0.116. The average molecular weight is 492 g/mol. The van der Waals surface area contributed by atoms with Gasteiger partial charge in [0.2, 0.25) is 11.8 Å². The Hall–Kier alpha value is -2.91. The van der Waals surface area contributed by atoms with E-state index in [0.717, 1.165) is 42.7 Å². The number of ether oxygens (including phenoxy) is 1. The Kier molecular flexibility index (Phi) is 6.71. The topological polar surface area (TPSA) is 89.4 Å². The van der Waals surface area contributed by atoms with Crippen molar-refractivity contribution in [3.05, 3.63) is 45.2 Å². The molecule has 4 rings (SSSR count). The van der Waals surface area contributed by atoms with Crippen LogP contribution in [0.5, 0.6) is 0 Å². The summed E-state index contributed by atoms with van der Waals surface area (Å²) >= 11 is 7.30. The van der Waals surface area contributed by atoms with Crippen molar-refractivity contribution < 1.29 is 23.5 Å². The van der Waals surface area contributed by atoms with Crippen molar-refractivity contribution in [3.63, 3.8) is 0 Å². The molecular formula is C23H23ClFN3O4S. The standard InChI is InChI=1S/C23H23ClFN3O4S/c1-3-32-23(31)21-20(26-12(2)29)19-14-6-4-5-7-17(14)33-22(19)28(21)11-18(30)27-16-9-8-13(24)10-15(16)25/h8-10H,3-7,11H2,1-2H3,(H,26,29)(H,27,30). The van der Waals surface area contributed by atoms with E-state index in [1.807, 2.05) is 0 Å². The summed E-state index contributed by atoms with van der Waals surface area (Å²) in [6.45, 7) is 2.93. The highest BCUT2D eigenvalue weighted by Gasteiger charge is 2.31. The maximum Gasteiger partial charge on any atom is 0.357 e. The van der Waals surface area contributed by atoms with E-state index >= 15 is 0 Å². The van der Waals surface area contributed by atoms with Crippen LogP contribution in [0.3, 0.4) is 0 Å². The van der Waals surface area contributed by atoms with Crippen molar-refractivity contribution in [1.29, 1.82) is 0 Å². The van der Waals surface area contributed by atoms with Crippen LogP contribution < -0.4 is 10.6 Å². The number of benzene rings is 1. The number of aryl methyl sites for hydroxylation is 2. The molecule has 0 spiro atoms. The molecule has 0 aliphatic heterocycles. The summed E-state index contributed by atoms with van der Waals surface area (Å²) in [4.78, 5) is 39.8. The van der Waals surface area contributed by atoms with Gasteiger partial charge in [-0.2, -0.15) is 0 Å². The number of hydrogen-bond donors (Lipinski definition) is 2. The lowest BCUT2D eigenvalue weighted by atomic mass is 9.96. The first-order valence-electron chi connectivity index (χ1n) is 10.7. The summed E-state index contributed by atoms with van der Waals surface area (Å²) in [5.41, 5.74) is 1.55. The molecule has 0 radical (unpaired) electrons. The summed E-state index contributed by atoms with van der Waals surface area (Å²) in [6.07, 6.45) is 3.81. The van der Waals surface area contributed by atoms with Crippen molar-refractivity contribution in [2.45, 2.75) is 46.1 Å². The number of carbonyl (C=O) groups excluding carboxylic acids is 3. The van der Waals surface area contributed by atoms with Crippen LogP contribution >= 0.6 is 22.9 Å². The molecule has 0 unspecified atom stereocenters. The van der Waals surface area contributed by atoms with E-state index in [-0.39, 0.29) is 35.5 Å². The Bertz CT molecular complexity index is 1270. The molecule has 0 saturated heterocycles. The zero-order chi connectivity index (χ0) is 23.7. The van der Waals surface area contributed by atoms with Crippen molar-refractivity contribution in [2.75, 3.05) is 17.2 Å². The van der Waals surface area contributed by atoms with Gasteiger partial charge in [-0.05, 0) is 56.4 Å². The molecule has 2 aromatic heterocycles. The molecular weight excluding hydrogens is 469 g/mol. The third-order valence-corrected chi connectivity index (χ3v) is 6.98. The average Bonchev–Trinajstić information content (AvgIpc) is 3.26. The van der Waals surface area contributed by atoms with Crippen LogP contribution in [0.15, 0.2) is 18.2 Å². The number of aromatic nitrogens is 1. The van der Waals surface area contributed by atoms with Gasteiger partial charge in [0.05, 0.1) is 18.0 Å². The summed E-state index contributed by atoms with van der Waals surface area (Å²) in [6, 6.07) is 3.96. The summed E-state index contributed by atoms with van der Waals surface area (Å²) in [5, 5.41) is 6.31.